The second-order valence-corrected chi connectivity index (χ2v) is 3.51. The molecule has 0 spiro atoms. The third-order valence-electron chi connectivity index (χ3n) is 2.46. The van der Waals surface area contributed by atoms with Crippen LogP contribution in [0, 0.1) is 0 Å². The largest absolute Gasteiger partial charge is 0.472 e. The zero-order valence-corrected chi connectivity index (χ0v) is 9.18. The van der Waals surface area contributed by atoms with Gasteiger partial charge in [0, 0.05) is 6.04 Å². The summed E-state index contributed by atoms with van der Waals surface area (Å²) in [6.45, 7) is 1.96. The van der Waals surface area contributed by atoms with Crippen LogP contribution in [0.15, 0.2) is 23.0 Å². The van der Waals surface area contributed by atoms with Gasteiger partial charge in [0.25, 0.3) is 5.91 Å². The van der Waals surface area contributed by atoms with E-state index in [2.05, 4.69) is 10.6 Å². The number of carbonyl (C=O) groups excluding carboxylic acids is 1. The monoisotopic (exact) mass is 230 g/mol. The van der Waals surface area contributed by atoms with Crippen molar-refractivity contribution in [1.82, 2.24) is 10.6 Å². The Balaban J connectivity index is 0.00000112. The molecule has 0 aromatic carbocycles. The summed E-state index contributed by atoms with van der Waals surface area (Å²) in [6.07, 6.45) is 4.99. The molecule has 0 bridgehead atoms. The van der Waals surface area contributed by atoms with Crippen molar-refractivity contribution in [3.05, 3.63) is 24.2 Å². The maximum absolute atomic E-state index is 11.6. The second-order valence-electron chi connectivity index (χ2n) is 3.51. The number of hydrogen-bond acceptors (Lipinski definition) is 3. The lowest BCUT2D eigenvalue weighted by molar-refractivity contribution is 0.0929. The normalized spacial score (nSPS) is 16.8. The van der Waals surface area contributed by atoms with Crippen molar-refractivity contribution in [2.45, 2.75) is 18.9 Å². The molecular weight excluding hydrogens is 216 g/mol. The van der Waals surface area contributed by atoms with Crippen LogP contribution in [-0.4, -0.2) is 25.0 Å². The van der Waals surface area contributed by atoms with Crippen LogP contribution in [0.1, 0.15) is 23.2 Å². The van der Waals surface area contributed by atoms with Crippen molar-refractivity contribution < 1.29 is 9.21 Å². The van der Waals surface area contributed by atoms with Crippen molar-refractivity contribution >= 4 is 18.3 Å². The van der Waals surface area contributed by atoms with Crippen LogP contribution in [-0.2, 0) is 0 Å². The molecule has 1 aromatic heterocycles. The molecule has 15 heavy (non-hydrogen) atoms. The summed E-state index contributed by atoms with van der Waals surface area (Å²) >= 11 is 0. The predicted molar refractivity (Wildman–Crippen MR) is 59.3 cm³/mol. The number of furan rings is 1. The smallest absolute Gasteiger partial charge is 0.254 e. The van der Waals surface area contributed by atoms with Crippen LogP contribution >= 0.6 is 12.4 Å². The quantitative estimate of drug-likeness (QED) is 0.803. The van der Waals surface area contributed by atoms with Crippen LogP contribution < -0.4 is 10.6 Å². The second kappa shape index (κ2) is 5.78. The van der Waals surface area contributed by atoms with Crippen LogP contribution in [0.2, 0.25) is 0 Å². The predicted octanol–water partition coefficient (Wildman–Crippen LogP) is 1.18. The van der Waals surface area contributed by atoms with E-state index in [-0.39, 0.29) is 18.3 Å². The summed E-state index contributed by atoms with van der Waals surface area (Å²) in [5.74, 6) is -0.0364. The lowest BCUT2D eigenvalue weighted by Crippen LogP contribution is -2.42. The number of halogens is 1. The average molecular weight is 231 g/mol. The molecule has 1 aliphatic rings. The van der Waals surface area contributed by atoms with E-state index in [0.717, 1.165) is 25.9 Å². The number of nitrogens with one attached hydrogen (secondary N) is 2. The van der Waals surface area contributed by atoms with E-state index in [1.165, 1.54) is 12.5 Å². The van der Waals surface area contributed by atoms with E-state index < -0.39 is 0 Å². The van der Waals surface area contributed by atoms with Gasteiger partial charge in [-0.25, -0.2) is 0 Å². The molecule has 4 nitrogen and oxygen atoms in total. The Labute approximate surface area is 94.8 Å². The van der Waals surface area contributed by atoms with Gasteiger partial charge in [-0.2, -0.15) is 0 Å². The fourth-order valence-electron chi connectivity index (χ4n) is 1.63. The number of hydrogen-bond donors (Lipinski definition) is 2. The summed E-state index contributed by atoms with van der Waals surface area (Å²) in [4.78, 5) is 11.6. The lowest BCUT2D eigenvalue weighted by atomic mass is 10.1. The summed E-state index contributed by atoms with van der Waals surface area (Å²) in [5.41, 5.74) is 0.600. The fraction of sp³-hybridized carbons (Fsp3) is 0.500. The minimum Gasteiger partial charge on any atom is -0.472 e. The molecule has 1 aliphatic heterocycles. The van der Waals surface area contributed by atoms with E-state index in [1.807, 2.05) is 0 Å². The van der Waals surface area contributed by atoms with E-state index in [1.54, 1.807) is 6.07 Å². The van der Waals surface area contributed by atoms with Gasteiger partial charge in [-0.3, -0.25) is 4.79 Å². The zero-order valence-electron chi connectivity index (χ0n) is 8.36. The Kier molecular flexibility index (Phi) is 4.65. The van der Waals surface area contributed by atoms with Crippen molar-refractivity contribution in [3.63, 3.8) is 0 Å². The third-order valence-corrected chi connectivity index (χ3v) is 2.46. The van der Waals surface area contributed by atoms with E-state index in [0.29, 0.717) is 11.6 Å². The Morgan fingerprint density at radius 3 is 2.80 bits per heavy atom. The molecule has 0 atom stereocenters. The summed E-state index contributed by atoms with van der Waals surface area (Å²) < 4.78 is 4.85. The third kappa shape index (κ3) is 3.25. The maximum Gasteiger partial charge on any atom is 0.254 e. The zero-order chi connectivity index (χ0) is 9.80. The first-order valence-electron chi connectivity index (χ1n) is 4.90. The van der Waals surface area contributed by atoms with Gasteiger partial charge >= 0.3 is 0 Å². The molecule has 84 valence electrons. The molecule has 1 amide bonds. The van der Waals surface area contributed by atoms with Crippen LogP contribution in [0.3, 0.4) is 0 Å². The molecule has 5 heteroatoms. The van der Waals surface area contributed by atoms with E-state index in [4.69, 9.17) is 4.42 Å². The van der Waals surface area contributed by atoms with Gasteiger partial charge in [0.2, 0.25) is 0 Å². The first-order chi connectivity index (χ1) is 6.86. The highest BCUT2D eigenvalue weighted by molar-refractivity contribution is 5.93. The summed E-state index contributed by atoms with van der Waals surface area (Å²) in [6, 6.07) is 1.98. The minimum atomic E-state index is -0.0364. The van der Waals surface area contributed by atoms with Crippen LogP contribution in [0.25, 0.3) is 0 Å². The van der Waals surface area contributed by atoms with Gasteiger partial charge in [0.1, 0.15) is 6.26 Å². The van der Waals surface area contributed by atoms with Crippen molar-refractivity contribution in [1.29, 1.82) is 0 Å². The van der Waals surface area contributed by atoms with Crippen LogP contribution in [0.4, 0.5) is 0 Å². The molecule has 1 saturated heterocycles. The molecule has 2 N–H and O–H groups in total. The number of amides is 1. The average Bonchev–Trinajstić information content (AvgIpc) is 2.72. The molecule has 0 aliphatic carbocycles. The van der Waals surface area contributed by atoms with Crippen LogP contribution in [0.5, 0.6) is 0 Å². The lowest BCUT2D eigenvalue weighted by Gasteiger charge is -2.23. The van der Waals surface area contributed by atoms with Gasteiger partial charge < -0.3 is 15.1 Å². The molecule has 0 saturated carbocycles. The number of rotatable bonds is 2. The molecule has 1 aromatic rings. The highest BCUT2D eigenvalue weighted by Crippen LogP contribution is 2.05. The summed E-state index contributed by atoms with van der Waals surface area (Å²) in [5, 5.41) is 6.24. The molecular formula is C10H15ClN2O2. The summed E-state index contributed by atoms with van der Waals surface area (Å²) in [7, 11) is 0. The molecule has 2 heterocycles. The molecule has 0 radical (unpaired) electrons. The highest BCUT2D eigenvalue weighted by Gasteiger charge is 2.16. The fourth-order valence-corrected chi connectivity index (χ4v) is 1.63. The number of piperidine rings is 1. The minimum absolute atomic E-state index is 0. The maximum atomic E-state index is 11.6. The number of carbonyl (C=O) groups is 1. The van der Waals surface area contributed by atoms with Gasteiger partial charge in [0.05, 0.1) is 11.8 Å². The highest BCUT2D eigenvalue weighted by atomic mass is 35.5. The first kappa shape index (κ1) is 12.1. The molecule has 0 unspecified atom stereocenters. The van der Waals surface area contributed by atoms with E-state index >= 15 is 0 Å². The topological polar surface area (TPSA) is 54.3 Å². The van der Waals surface area contributed by atoms with Gasteiger partial charge in [-0.15, -0.1) is 12.4 Å². The van der Waals surface area contributed by atoms with Crippen molar-refractivity contribution in [2.75, 3.05) is 13.1 Å². The molecule has 1 fully saturated rings. The Morgan fingerprint density at radius 1 is 1.47 bits per heavy atom. The Hall–Kier alpha value is -1.00. The van der Waals surface area contributed by atoms with Gasteiger partial charge in [-0.05, 0) is 32.0 Å². The van der Waals surface area contributed by atoms with E-state index in [9.17, 15) is 4.79 Å². The van der Waals surface area contributed by atoms with Crippen molar-refractivity contribution in [2.24, 2.45) is 0 Å². The molecule has 2 rings (SSSR count). The van der Waals surface area contributed by atoms with Gasteiger partial charge in [0.15, 0.2) is 0 Å². The Morgan fingerprint density at radius 2 is 2.20 bits per heavy atom. The standard InChI is InChI=1S/C10H14N2O2.ClH/c13-10(8-3-6-14-7-8)12-9-1-4-11-5-2-9;/h3,6-7,9,11H,1-2,4-5H2,(H,12,13);1H. The first-order valence-corrected chi connectivity index (χ1v) is 4.90. The van der Waals surface area contributed by atoms with Gasteiger partial charge in [-0.1, -0.05) is 0 Å². The Bertz CT molecular complexity index is 294. The van der Waals surface area contributed by atoms with Crippen molar-refractivity contribution in [3.8, 4) is 0 Å². The SMILES string of the molecule is Cl.O=C(NC1CCNCC1)c1ccoc1.